The normalized spacial score (nSPS) is 18.2. The summed E-state index contributed by atoms with van der Waals surface area (Å²) in [7, 11) is 1.75. The van der Waals surface area contributed by atoms with Gasteiger partial charge in [-0.05, 0) is 43.2 Å². The average molecular weight is 297 g/mol. The monoisotopic (exact) mass is 296 g/mol. The number of hydrogen-bond donors (Lipinski definition) is 0. The summed E-state index contributed by atoms with van der Waals surface area (Å²) >= 11 is 3.87. The van der Waals surface area contributed by atoms with Crippen molar-refractivity contribution in [3.63, 3.8) is 0 Å². The molecule has 1 aromatic rings. The molecule has 1 saturated carbocycles. The van der Waals surface area contributed by atoms with Crippen LogP contribution in [0, 0.1) is 5.92 Å². The summed E-state index contributed by atoms with van der Waals surface area (Å²) in [6, 6.07) is 8.35. The maximum atomic E-state index is 5.39. The molecule has 1 aliphatic rings. The van der Waals surface area contributed by atoms with Gasteiger partial charge in [0.15, 0.2) is 0 Å². The largest absolute Gasteiger partial charge is 0.496 e. The Morgan fingerprint density at radius 2 is 2.00 bits per heavy atom. The Bertz CT molecular complexity index is 345. The average Bonchev–Trinajstić information content (AvgIpc) is 2.90. The molecular weight excluding hydrogens is 276 g/mol. The lowest BCUT2D eigenvalue weighted by Gasteiger charge is -2.17. The highest BCUT2D eigenvalue weighted by molar-refractivity contribution is 9.09. The van der Waals surface area contributed by atoms with Crippen LogP contribution >= 0.6 is 15.9 Å². The molecule has 0 heterocycles. The van der Waals surface area contributed by atoms with E-state index in [0.29, 0.717) is 4.83 Å². The van der Waals surface area contributed by atoms with E-state index in [9.17, 15) is 0 Å². The summed E-state index contributed by atoms with van der Waals surface area (Å²) in [6.07, 6.45) is 7.97. The SMILES string of the molecule is COc1ccccc1CCC(Br)C1CCCC1. The minimum absolute atomic E-state index is 0.676. The highest BCUT2D eigenvalue weighted by atomic mass is 79.9. The van der Waals surface area contributed by atoms with E-state index in [2.05, 4.69) is 28.1 Å². The molecule has 1 unspecified atom stereocenters. The van der Waals surface area contributed by atoms with Crippen molar-refractivity contribution < 1.29 is 4.74 Å². The minimum Gasteiger partial charge on any atom is -0.496 e. The second-order valence-electron chi connectivity index (χ2n) is 4.91. The van der Waals surface area contributed by atoms with E-state index in [4.69, 9.17) is 4.74 Å². The van der Waals surface area contributed by atoms with Crippen LogP contribution in [0.3, 0.4) is 0 Å². The second-order valence-corrected chi connectivity index (χ2v) is 6.09. The molecule has 2 heteroatoms. The molecule has 0 spiro atoms. The summed E-state index contributed by atoms with van der Waals surface area (Å²) in [5, 5.41) is 0. The van der Waals surface area contributed by atoms with E-state index in [0.717, 1.165) is 18.1 Å². The first-order valence-electron chi connectivity index (χ1n) is 6.57. The quantitative estimate of drug-likeness (QED) is 0.723. The smallest absolute Gasteiger partial charge is 0.122 e. The molecular formula is C15H21BrO. The van der Waals surface area contributed by atoms with Gasteiger partial charge < -0.3 is 4.74 Å². The molecule has 0 amide bonds. The van der Waals surface area contributed by atoms with Crippen molar-refractivity contribution >= 4 is 15.9 Å². The number of ether oxygens (including phenoxy) is 1. The number of para-hydroxylation sites is 1. The predicted octanol–water partition coefficient (Wildman–Crippen LogP) is 4.58. The maximum absolute atomic E-state index is 5.39. The number of alkyl halides is 1. The third-order valence-corrected chi connectivity index (χ3v) is 5.00. The van der Waals surface area contributed by atoms with Gasteiger partial charge in [0.05, 0.1) is 7.11 Å². The Hall–Kier alpha value is -0.500. The second kappa shape index (κ2) is 6.44. The number of hydrogen-bond acceptors (Lipinski definition) is 1. The van der Waals surface area contributed by atoms with Gasteiger partial charge in [0.1, 0.15) is 5.75 Å². The van der Waals surface area contributed by atoms with E-state index in [1.165, 1.54) is 37.7 Å². The molecule has 1 aromatic carbocycles. The Kier molecular flexibility index (Phi) is 4.90. The molecule has 2 rings (SSSR count). The van der Waals surface area contributed by atoms with Crippen molar-refractivity contribution in [1.82, 2.24) is 0 Å². The topological polar surface area (TPSA) is 9.23 Å². The number of rotatable bonds is 5. The maximum Gasteiger partial charge on any atom is 0.122 e. The fraction of sp³-hybridized carbons (Fsp3) is 0.600. The third-order valence-electron chi connectivity index (χ3n) is 3.79. The fourth-order valence-corrected chi connectivity index (χ4v) is 3.52. The van der Waals surface area contributed by atoms with Gasteiger partial charge >= 0.3 is 0 Å². The van der Waals surface area contributed by atoms with Crippen LogP contribution in [0.4, 0.5) is 0 Å². The zero-order valence-electron chi connectivity index (χ0n) is 10.5. The molecule has 0 radical (unpaired) electrons. The highest BCUT2D eigenvalue weighted by Gasteiger charge is 2.22. The van der Waals surface area contributed by atoms with E-state index in [-0.39, 0.29) is 0 Å². The first kappa shape index (κ1) is 12.9. The molecule has 1 nitrogen and oxygen atoms in total. The van der Waals surface area contributed by atoms with Gasteiger partial charge in [-0.3, -0.25) is 0 Å². The zero-order valence-corrected chi connectivity index (χ0v) is 12.1. The van der Waals surface area contributed by atoms with Gasteiger partial charge in [0.25, 0.3) is 0 Å². The fourth-order valence-electron chi connectivity index (χ4n) is 2.76. The predicted molar refractivity (Wildman–Crippen MR) is 76.0 cm³/mol. The van der Waals surface area contributed by atoms with Crippen molar-refractivity contribution in [3.05, 3.63) is 29.8 Å². The van der Waals surface area contributed by atoms with Gasteiger partial charge in [0.2, 0.25) is 0 Å². The molecule has 0 aliphatic heterocycles. The summed E-state index contributed by atoms with van der Waals surface area (Å²) < 4.78 is 5.39. The van der Waals surface area contributed by atoms with E-state index >= 15 is 0 Å². The van der Waals surface area contributed by atoms with Gasteiger partial charge in [-0.25, -0.2) is 0 Å². The third kappa shape index (κ3) is 3.48. The van der Waals surface area contributed by atoms with Crippen LogP contribution in [-0.2, 0) is 6.42 Å². The molecule has 1 fully saturated rings. The zero-order chi connectivity index (χ0) is 12.1. The molecule has 0 N–H and O–H groups in total. The molecule has 0 bridgehead atoms. The van der Waals surface area contributed by atoms with Crippen molar-refractivity contribution in [2.45, 2.75) is 43.4 Å². The van der Waals surface area contributed by atoms with Crippen molar-refractivity contribution in [3.8, 4) is 5.75 Å². The Morgan fingerprint density at radius 3 is 2.71 bits per heavy atom. The van der Waals surface area contributed by atoms with Crippen molar-refractivity contribution in [2.75, 3.05) is 7.11 Å². The van der Waals surface area contributed by atoms with Gasteiger partial charge in [0, 0.05) is 4.83 Å². The van der Waals surface area contributed by atoms with Crippen LogP contribution in [0.15, 0.2) is 24.3 Å². The Morgan fingerprint density at radius 1 is 1.29 bits per heavy atom. The molecule has 1 atom stereocenters. The number of aryl methyl sites for hydroxylation is 1. The van der Waals surface area contributed by atoms with E-state index in [1.807, 2.05) is 12.1 Å². The number of benzene rings is 1. The lowest BCUT2D eigenvalue weighted by atomic mass is 9.98. The van der Waals surface area contributed by atoms with Crippen LogP contribution in [-0.4, -0.2) is 11.9 Å². The molecule has 0 aromatic heterocycles. The molecule has 1 aliphatic carbocycles. The van der Waals surface area contributed by atoms with Crippen LogP contribution in [0.1, 0.15) is 37.7 Å². The number of halogens is 1. The first-order valence-corrected chi connectivity index (χ1v) is 7.49. The lowest BCUT2D eigenvalue weighted by molar-refractivity contribution is 0.407. The summed E-state index contributed by atoms with van der Waals surface area (Å²) in [5.41, 5.74) is 1.33. The van der Waals surface area contributed by atoms with Gasteiger partial charge in [-0.2, -0.15) is 0 Å². The molecule has 0 saturated heterocycles. The summed E-state index contributed by atoms with van der Waals surface area (Å²) in [6.45, 7) is 0. The lowest BCUT2D eigenvalue weighted by Crippen LogP contribution is -2.11. The molecule has 17 heavy (non-hydrogen) atoms. The van der Waals surface area contributed by atoms with Crippen molar-refractivity contribution in [1.29, 1.82) is 0 Å². The van der Waals surface area contributed by atoms with Crippen LogP contribution < -0.4 is 4.74 Å². The van der Waals surface area contributed by atoms with Crippen LogP contribution in [0.25, 0.3) is 0 Å². The first-order chi connectivity index (χ1) is 8.31. The van der Waals surface area contributed by atoms with Crippen molar-refractivity contribution in [2.24, 2.45) is 5.92 Å². The Labute approximate surface area is 113 Å². The minimum atomic E-state index is 0.676. The van der Waals surface area contributed by atoms with Crippen LogP contribution in [0.5, 0.6) is 5.75 Å². The van der Waals surface area contributed by atoms with E-state index < -0.39 is 0 Å². The van der Waals surface area contributed by atoms with E-state index in [1.54, 1.807) is 7.11 Å². The summed E-state index contributed by atoms with van der Waals surface area (Å²) in [4.78, 5) is 0.676. The highest BCUT2D eigenvalue weighted by Crippen LogP contribution is 2.34. The van der Waals surface area contributed by atoms with Gasteiger partial charge in [-0.1, -0.05) is 47.0 Å². The van der Waals surface area contributed by atoms with Gasteiger partial charge in [-0.15, -0.1) is 0 Å². The van der Waals surface area contributed by atoms with Crippen LogP contribution in [0.2, 0.25) is 0 Å². The standard InChI is InChI=1S/C15H21BrO/c1-17-15-9-5-4-8-13(15)10-11-14(16)12-6-2-3-7-12/h4-5,8-9,12,14H,2-3,6-7,10-11H2,1H3. The Balaban J connectivity index is 1.88. The molecule has 94 valence electrons. The summed E-state index contributed by atoms with van der Waals surface area (Å²) in [5.74, 6) is 1.92. The number of methoxy groups -OCH3 is 1.